The second-order valence-corrected chi connectivity index (χ2v) is 5.57. The number of aromatic nitrogens is 2. The lowest BCUT2D eigenvalue weighted by atomic mass is 9.92. The van der Waals surface area contributed by atoms with E-state index < -0.39 is 0 Å². The highest BCUT2D eigenvalue weighted by Crippen LogP contribution is 2.34. The van der Waals surface area contributed by atoms with Crippen LogP contribution in [0.3, 0.4) is 0 Å². The van der Waals surface area contributed by atoms with Gasteiger partial charge in [0.05, 0.1) is 5.38 Å². The second-order valence-electron chi connectivity index (χ2n) is 4.43. The molecule has 1 aromatic heterocycles. The first-order valence-corrected chi connectivity index (χ1v) is 5.98. The average molecular weight is 246 g/mol. The number of carbonyl (C=O) groups excluding carboxylic acids is 1. The number of likely N-dealkylation sites (tertiary alicyclic amines) is 1. The molecule has 1 amide bonds. The maximum absolute atomic E-state index is 11.9. The van der Waals surface area contributed by atoms with E-state index in [1.54, 1.807) is 10.3 Å². The molecule has 1 aliphatic rings. The van der Waals surface area contributed by atoms with E-state index in [1.807, 2.05) is 0 Å². The summed E-state index contributed by atoms with van der Waals surface area (Å²) in [7, 11) is 0. The Kier molecular flexibility index (Phi) is 2.68. The van der Waals surface area contributed by atoms with E-state index in [4.69, 9.17) is 11.6 Å². The number of carbonyl (C=O) groups is 1. The Labute approximate surface area is 97.4 Å². The van der Waals surface area contributed by atoms with Gasteiger partial charge in [0.2, 0.25) is 0 Å². The number of hydrogen-bond acceptors (Lipinski definition) is 4. The molecule has 1 saturated heterocycles. The van der Waals surface area contributed by atoms with Crippen molar-refractivity contribution in [3.63, 3.8) is 0 Å². The van der Waals surface area contributed by atoms with Crippen molar-refractivity contribution in [3.05, 3.63) is 11.1 Å². The van der Waals surface area contributed by atoms with E-state index in [-0.39, 0.29) is 16.7 Å². The van der Waals surface area contributed by atoms with Crippen molar-refractivity contribution < 1.29 is 4.79 Å². The molecule has 1 aromatic rings. The van der Waals surface area contributed by atoms with Gasteiger partial charge in [0.15, 0.2) is 5.69 Å². The van der Waals surface area contributed by atoms with Gasteiger partial charge in [-0.2, -0.15) is 0 Å². The van der Waals surface area contributed by atoms with Gasteiger partial charge in [-0.25, -0.2) is 0 Å². The summed E-state index contributed by atoms with van der Waals surface area (Å²) in [5.41, 5.74) is 0.391. The molecule has 0 bridgehead atoms. The Morgan fingerprint density at radius 2 is 2.47 bits per heavy atom. The van der Waals surface area contributed by atoms with Crippen LogP contribution in [0.1, 0.15) is 24.3 Å². The molecule has 1 aliphatic heterocycles. The minimum atomic E-state index is -0.0695. The van der Waals surface area contributed by atoms with Crippen LogP contribution < -0.4 is 0 Å². The fourth-order valence-electron chi connectivity index (χ4n) is 1.67. The molecule has 6 heteroatoms. The van der Waals surface area contributed by atoms with Gasteiger partial charge in [-0.15, -0.1) is 16.7 Å². The lowest BCUT2D eigenvalue weighted by Crippen LogP contribution is -2.30. The molecule has 15 heavy (non-hydrogen) atoms. The van der Waals surface area contributed by atoms with Crippen LogP contribution >= 0.6 is 23.1 Å². The van der Waals surface area contributed by atoms with Crippen LogP contribution in [0.5, 0.6) is 0 Å². The Morgan fingerprint density at radius 3 is 2.93 bits per heavy atom. The molecule has 0 saturated carbocycles. The van der Waals surface area contributed by atoms with Crippen LogP contribution in [0.2, 0.25) is 0 Å². The Hall–Kier alpha value is -0.680. The molecular formula is C9H12ClN3OS. The number of nitrogens with zero attached hydrogens (tertiary/aromatic N) is 3. The van der Waals surface area contributed by atoms with Crippen molar-refractivity contribution in [2.24, 2.45) is 5.41 Å². The minimum Gasteiger partial charge on any atom is -0.335 e. The lowest BCUT2D eigenvalue weighted by molar-refractivity contribution is 0.0772. The first-order valence-electron chi connectivity index (χ1n) is 4.71. The summed E-state index contributed by atoms with van der Waals surface area (Å²) in [5.74, 6) is -0.0695. The summed E-state index contributed by atoms with van der Waals surface area (Å²) in [6, 6.07) is 0. The molecule has 0 spiro atoms. The lowest BCUT2D eigenvalue weighted by Gasteiger charge is -2.20. The zero-order valence-electron chi connectivity index (χ0n) is 8.61. The SMILES string of the molecule is CC1(C)CN(C(=O)c2csnn2)CC1Cl. The summed E-state index contributed by atoms with van der Waals surface area (Å²) >= 11 is 7.36. The van der Waals surface area contributed by atoms with E-state index in [0.29, 0.717) is 18.8 Å². The minimum absolute atomic E-state index is 0.00745. The topological polar surface area (TPSA) is 46.1 Å². The first-order chi connectivity index (χ1) is 7.00. The molecule has 2 rings (SSSR count). The normalized spacial score (nSPS) is 24.5. The maximum atomic E-state index is 11.9. The van der Waals surface area contributed by atoms with Crippen molar-refractivity contribution in [1.82, 2.24) is 14.5 Å². The van der Waals surface area contributed by atoms with Crippen LogP contribution in [-0.2, 0) is 0 Å². The smallest absolute Gasteiger partial charge is 0.275 e. The van der Waals surface area contributed by atoms with Crippen LogP contribution in [-0.4, -0.2) is 38.9 Å². The number of rotatable bonds is 1. The second kappa shape index (κ2) is 3.72. The van der Waals surface area contributed by atoms with Crippen LogP contribution in [0.15, 0.2) is 5.38 Å². The van der Waals surface area contributed by atoms with Gasteiger partial charge < -0.3 is 4.90 Å². The molecule has 4 nitrogen and oxygen atoms in total. The predicted molar refractivity (Wildman–Crippen MR) is 59.2 cm³/mol. The third-order valence-corrected chi connectivity index (χ3v) is 3.93. The van der Waals surface area contributed by atoms with Crippen molar-refractivity contribution in [2.45, 2.75) is 19.2 Å². The van der Waals surface area contributed by atoms with E-state index in [0.717, 1.165) is 0 Å². The third kappa shape index (κ3) is 1.99. The molecule has 0 aromatic carbocycles. The highest BCUT2D eigenvalue weighted by Gasteiger charge is 2.40. The largest absolute Gasteiger partial charge is 0.335 e. The maximum Gasteiger partial charge on any atom is 0.275 e. The zero-order chi connectivity index (χ0) is 11.1. The first kappa shape index (κ1) is 10.8. The zero-order valence-corrected chi connectivity index (χ0v) is 10.2. The van der Waals surface area contributed by atoms with Crippen molar-refractivity contribution >= 4 is 29.0 Å². The van der Waals surface area contributed by atoms with E-state index in [2.05, 4.69) is 23.4 Å². The predicted octanol–water partition coefficient (Wildman–Crippen LogP) is 1.63. The van der Waals surface area contributed by atoms with Gasteiger partial charge in [0, 0.05) is 23.9 Å². The molecule has 0 N–H and O–H groups in total. The van der Waals surface area contributed by atoms with E-state index >= 15 is 0 Å². The van der Waals surface area contributed by atoms with Crippen molar-refractivity contribution in [2.75, 3.05) is 13.1 Å². The molecular weight excluding hydrogens is 234 g/mol. The van der Waals surface area contributed by atoms with Gasteiger partial charge in [0.25, 0.3) is 5.91 Å². The Morgan fingerprint density at radius 1 is 1.73 bits per heavy atom. The molecule has 0 radical (unpaired) electrons. The fraction of sp³-hybridized carbons (Fsp3) is 0.667. The number of halogens is 1. The number of hydrogen-bond donors (Lipinski definition) is 0. The van der Waals surface area contributed by atoms with Crippen LogP contribution in [0, 0.1) is 5.41 Å². The van der Waals surface area contributed by atoms with Gasteiger partial charge in [-0.05, 0) is 11.5 Å². The molecule has 82 valence electrons. The summed E-state index contributed by atoms with van der Waals surface area (Å²) < 4.78 is 3.68. The fourth-order valence-corrected chi connectivity index (χ4v) is 2.34. The monoisotopic (exact) mass is 245 g/mol. The number of alkyl halides is 1. The summed E-state index contributed by atoms with van der Waals surface area (Å²) in [5, 5.41) is 5.44. The highest BCUT2D eigenvalue weighted by atomic mass is 35.5. The third-order valence-electron chi connectivity index (χ3n) is 2.69. The van der Waals surface area contributed by atoms with Gasteiger partial charge in [-0.3, -0.25) is 4.79 Å². The van der Waals surface area contributed by atoms with E-state index in [1.165, 1.54) is 11.5 Å². The standard InChI is InChI=1S/C9H12ClN3OS/c1-9(2)5-13(3-7(9)10)8(14)6-4-15-12-11-6/h4,7H,3,5H2,1-2H3. The quantitative estimate of drug-likeness (QED) is 0.707. The summed E-state index contributed by atoms with van der Waals surface area (Å²) in [6.07, 6.45) is 0. The van der Waals surface area contributed by atoms with Crippen molar-refractivity contribution in [3.8, 4) is 0 Å². The van der Waals surface area contributed by atoms with Crippen LogP contribution in [0.4, 0.5) is 0 Å². The molecule has 1 atom stereocenters. The molecule has 1 fully saturated rings. The van der Waals surface area contributed by atoms with E-state index in [9.17, 15) is 4.79 Å². The summed E-state index contributed by atoms with van der Waals surface area (Å²) in [4.78, 5) is 13.7. The molecule has 2 heterocycles. The van der Waals surface area contributed by atoms with Gasteiger partial charge >= 0.3 is 0 Å². The molecule has 0 aliphatic carbocycles. The van der Waals surface area contributed by atoms with Gasteiger partial charge in [0.1, 0.15) is 0 Å². The average Bonchev–Trinajstić information content (AvgIpc) is 2.74. The highest BCUT2D eigenvalue weighted by molar-refractivity contribution is 7.03. The molecule has 1 unspecified atom stereocenters. The Bertz CT molecular complexity index is 365. The van der Waals surface area contributed by atoms with Crippen LogP contribution in [0.25, 0.3) is 0 Å². The number of amides is 1. The Balaban J connectivity index is 2.12. The van der Waals surface area contributed by atoms with Crippen molar-refractivity contribution in [1.29, 1.82) is 0 Å². The summed E-state index contributed by atoms with van der Waals surface area (Å²) in [6.45, 7) is 5.40. The van der Waals surface area contributed by atoms with Gasteiger partial charge in [-0.1, -0.05) is 18.3 Å².